The summed E-state index contributed by atoms with van der Waals surface area (Å²) < 4.78 is 14.3. The van der Waals surface area contributed by atoms with E-state index in [9.17, 15) is 9.18 Å². The van der Waals surface area contributed by atoms with Crippen LogP contribution < -0.4 is 0 Å². The summed E-state index contributed by atoms with van der Waals surface area (Å²) >= 11 is 4.65. The van der Waals surface area contributed by atoms with Crippen molar-refractivity contribution < 1.29 is 14.3 Å². The fraction of sp³-hybridized carbons (Fsp3) is 0.0769. The third-order valence-electron chi connectivity index (χ3n) is 2.35. The van der Waals surface area contributed by atoms with Gasteiger partial charge in [-0.05, 0) is 35.9 Å². The number of carbonyl (C=O) groups is 1. The van der Waals surface area contributed by atoms with E-state index in [2.05, 4.69) is 20.9 Å². The summed E-state index contributed by atoms with van der Waals surface area (Å²) in [4.78, 5) is 15.3. The van der Waals surface area contributed by atoms with Crippen molar-refractivity contribution in [1.82, 2.24) is 4.98 Å². The third-order valence-corrected chi connectivity index (χ3v) is 3.89. The van der Waals surface area contributed by atoms with Crippen molar-refractivity contribution in [2.75, 3.05) is 0 Å². The van der Waals surface area contributed by atoms with Gasteiger partial charge in [0.1, 0.15) is 11.5 Å². The summed E-state index contributed by atoms with van der Waals surface area (Å²) in [6, 6.07) is 7.92. The predicted octanol–water partition coefficient (Wildman–Crippen LogP) is 3.97. The Morgan fingerprint density at radius 2 is 2.16 bits per heavy atom. The number of thioether (sulfide) groups is 1. The fourth-order valence-corrected chi connectivity index (χ4v) is 2.74. The second kappa shape index (κ2) is 6.16. The molecule has 0 saturated carbocycles. The first-order chi connectivity index (χ1) is 9.06. The van der Waals surface area contributed by atoms with Gasteiger partial charge in [-0.25, -0.2) is 14.2 Å². The lowest BCUT2D eigenvalue weighted by molar-refractivity contribution is 0.0690. The van der Waals surface area contributed by atoms with Crippen molar-refractivity contribution in [3.63, 3.8) is 0 Å². The van der Waals surface area contributed by atoms with Crippen molar-refractivity contribution in [3.05, 3.63) is 58.1 Å². The Hall–Kier alpha value is -1.40. The number of rotatable bonds is 4. The average molecular weight is 342 g/mol. The molecule has 3 nitrogen and oxygen atoms in total. The van der Waals surface area contributed by atoms with Crippen LogP contribution in [-0.2, 0) is 5.75 Å². The number of benzene rings is 1. The zero-order valence-electron chi connectivity index (χ0n) is 9.64. The number of pyridine rings is 1. The lowest BCUT2D eigenvalue weighted by Crippen LogP contribution is -1.99. The van der Waals surface area contributed by atoms with E-state index in [1.165, 1.54) is 30.1 Å². The zero-order valence-corrected chi connectivity index (χ0v) is 12.0. The topological polar surface area (TPSA) is 50.2 Å². The molecule has 1 N–H and O–H groups in total. The number of carboxylic acids is 1. The van der Waals surface area contributed by atoms with Gasteiger partial charge in [-0.3, -0.25) is 0 Å². The van der Waals surface area contributed by atoms with Crippen LogP contribution in [0.1, 0.15) is 16.1 Å². The largest absolute Gasteiger partial charge is 0.477 e. The first-order valence-electron chi connectivity index (χ1n) is 5.32. The summed E-state index contributed by atoms with van der Waals surface area (Å²) in [5, 5.41) is 8.84. The minimum Gasteiger partial charge on any atom is -0.477 e. The molecule has 1 aromatic heterocycles. The van der Waals surface area contributed by atoms with Crippen LogP contribution in [0.3, 0.4) is 0 Å². The van der Waals surface area contributed by atoms with Crippen LogP contribution in [0.4, 0.5) is 4.39 Å². The molecule has 0 aliphatic heterocycles. The van der Waals surface area contributed by atoms with E-state index in [-0.39, 0.29) is 11.5 Å². The smallest absolute Gasteiger partial charge is 0.354 e. The maximum absolute atomic E-state index is 13.5. The van der Waals surface area contributed by atoms with Gasteiger partial charge in [0.2, 0.25) is 0 Å². The molecule has 1 heterocycles. The van der Waals surface area contributed by atoms with Gasteiger partial charge in [0.25, 0.3) is 0 Å². The van der Waals surface area contributed by atoms with Crippen LogP contribution in [0, 0.1) is 5.82 Å². The van der Waals surface area contributed by atoms with E-state index in [1.807, 2.05) is 0 Å². The van der Waals surface area contributed by atoms with Crippen LogP contribution in [-0.4, -0.2) is 16.1 Å². The molecule has 2 aromatic rings. The number of hydrogen-bond donors (Lipinski definition) is 1. The molecule has 98 valence electrons. The Morgan fingerprint density at radius 1 is 1.37 bits per heavy atom. The maximum Gasteiger partial charge on any atom is 0.354 e. The van der Waals surface area contributed by atoms with Gasteiger partial charge in [-0.2, -0.15) is 0 Å². The van der Waals surface area contributed by atoms with Gasteiger partial charge in [0.05, 0.1) is 0 Å². The molecule has 0 fully saturated rings. The van der Waals surface area contributed by atoms with Crippen LogP contribution in [0.5, 0.6) is 0 Å². The van der Waals surface area contributed by atoms with Crippen molar-refractivity contribution in [1.29, 1.82) is 0 Å². The normalized spacial score (nSPS) is 10.4. The third kappa shape index (κ3) is 3.78. The molecular weight excluding hydrogens is 333 g/mol. The van der Waals surface area contributed by atoms with E-state index < -0.39 is 5.97 Å². The van der Waals surface area contributed by atoms with Crippen molar-refractivity contribution >= 4 is 33.7 Å². The number of aromatic carboxylic acids is 1. The van der Waals surface area contributed by atoms with Gasteiger partial charge in [0, 0.05) is 21.3 Å². The molecule has 0 aliphatic carbocycles. The van der Waals surface area contributed by atoms with Gasteiger partial charge in [-0.15, -0.1) is 11.8 Å². The van der Waals surface area contributed by atoms with Crippen LogP contribution in [0.15, 0.2) is 45.9 Å². The van der Waals surface area contributed by atoms with Crippen molar-refractivity contribution in [3.8, 4) is 0 Å². The minimum atomic E-state index is -1.07. The Balaban J connectivity index is 2.12. The van der Waals surface area contributed by atoms with Gasteiger partial charge in [-0.1, -0.05) is 15.9 Å². The Labute approximate surface area is 122 Å². The number of halogens is 2. The number of nitrogens with zero attached hydrogens (tertiary/aromatic N) is 1. The molecule has 0 unspecified atom stereocenters. The molecule has 1 aromatic carbocycles. The van der Waals surface area contributed by atoms with E-state index in [0.717, 1.165) is 9.37 Å². The van der Waals surface area contributed by atoms with E-state index in [4.69, 9.17) is 5.11 Å². The molecule has 0 spiro atoms. The molecule has 19 heavy (non-hydrogen) atoms. The summed E-state index contributed by atoms with van der Waals surface area (Å²) in [5.41, 5.74) is 0.549. The standard InChI is InChI=1S/C13H9BrFNO2S/c14-9-1-2-11(15)8(5-9)7-19-10-3-4-16-12(6-10)13(17)18/h1-6H,7H2,(H,17,18). The first kappa shape index (κ1) is 14.0. The van der Waals surface area contributed by atoms with Crippen LogP contribution >= 0.6 is 27.7 Å². The Bertz CT molecular complexity index is 621. The summed E-state index contributed by atoms with van der Waals surface area (Å²) in [7, 11) is 0. The summed E-state index contributed by atoms with van der Waals surface area (Å²) in [5.74, 6) is -0.923. The maximum atomic E-state index is 13.5. The predicted molar refractivity (Wildman–Crippen MR) is 74.9 cm³/mol. The van der Waals surface area contributed by atoms with Gasteiger partial charge >= 0.3 is 5.97 Å². The second-order valence-corrected chi connectivity index (χ2v) is 5.67. The molecule has 2 rings (SSSR count). The highest BCUT2D eigenvalue weighted by Crippen LogP contribution is 2.26. The first-order valence-corrected chi connectivity index (χ1v) is 7.10. The lowest BCUT2D eigenvalue weighted by Gasteiger charge is -2.04. The highest BCUT2D eigenvalue weighted by molar-refractivity contribution is 9.10. The second-order valence-electron chi connectivity index (χ2n) is 3.71. The van der Waals surface area contributed by atoms with Crippen LogP contribution in [0.25, 0.3) is 0 Å². The zero-order chi connectivity index (χ0) is 13.8. The molecular formula is C13H9BrFNO2S. The lowest BCUT2D eigenvalue weighted by atomic mass is 10.2. The number of carboxylic acid groups (broad SMARTS) is 1. The van der Waals surface area contributed by atoms with E-state index >= 15 is 0 Å². The SMILES string of the molecule is O=C(O)c1cc(SCc2cc(Br)ccc2F)ccn1. The molecule has 0 radical (unpaired) electrons. The Kier molecular flexibility index (Phi) is 4.55. The minimum absolute atomic E-state index is 0.0142. The molecule has 0 saturated heterocycles. The quantitative estimate of drug-likeness (QED) is 0.854. The molecule has 6 heteroatoms. The van der Waals surface area contributed by atoms with Crippen molar-refractivity contribution in [2.24, 2.45) is 0 Å². The summed E-state index contributed by atoms with van der Waals surface area (Å²) in [6.07, 6.45) is 1.43. The fourth-order valence-electron chi connectivity index (χ4n) is 1.43. The van der Waals surface area contributed by atoms with E-state index in [0.29, 0.717) is 11.3 Å². The monoisotopic (exact) mass is 341 g/mol. The molecule has 0 aliphatic rings. The number of aromatic nitrogens is 1. The van der Waals surface area contributed by atoms with E-state index in [1.54, 1.807) is 18.2 Å². The highest BCUT2D eigenvalue weighted by Gasteiger charge is 2.07. The van der Waals surface area contributed by atoms with Gasteiger partial charge in [0.15, 0.2) is 0 Å². The highest BCUT2D eigenvalue weighted by atomic mass is 79.9. The molecule has 0 bridgehead atoms. The number of hydrogen-bond acceptors (Lipinski definition) is 3. The Morgan fingerprint density at radius 3 is 2.89 bits per heavy atom. The van der Waals surface area contributed by atoms with Crippen molar-refractivity contribution in [2.45, 2.75) is 10.6 Å². The average Bonchev–Trinajstić information content (AvgIpc) is 2.40. The molecule has 0 atom stereocenters. The van der Waals surface area contributed by atoms with Crippen LogP contribution in [0.2, 0.25) is 0 Å². The molecule has 0 amide bonds. The van der Waals surface area contributed by atoms with Gasteiger partial charge < -0.3 is 5.11 Å². The summed E-state index contributed by atoms with van der Waals surface area (Å²) in [6.45, 7) is 0.